The summed E-state index contributed by atoms with van der Waals surface area (Å²) in [4.78, 5) is 188. The van der Waals surface area contributed by atoms with Crippen LogP contribution in [0.25, 0.3) is 0 Å². The van der Waals surface area contributed by atoms with Crippen molar-refractivity contribution in [1.29, 1.82) is 0 Å². The molecule has 0 saturated heterocycles. The van der Waals surface area contributed by atoms with Crippen molar-refractivity contribution in [3.8, 4) is 5.75 Å². The Hall–Kier alpha value is -9.37. The minimum Gasteiger partial charge on any atom is -0.508 e. The summed E-state index contributed by atoms with van der Waals surface area (Å²) in [5.74, 6) is -18.9. The van der Waals surface area contributed by atoms with Gasteiger partial charge in [0.15, 0.2) is 5.96 Å². The molecule has 13 atom stereocenters. The van der Waals surface area contributed by atoms with Crippen LogP contribution in [0.4, 0.5) is 0 Å². The van der Waals surface area contributed by atoms with E-state index < -0.39 is 200 Å². The number of aliphatic hydroxyl groups is 3. The van der Waals surface area contributed by atoms with Crippen molar-refractivity contribution in [2.45, 2.75) is 150 Å². The molecule has 2 aromatic carbocycles. The molecule has 0 heterocycles. The summed E-state index contributed by atoms with van der Waals surface area (Å²) in [5.41, 5.74) is 22.7. The fraction of sp³-hybridized carbons (Fsp3) is 0.509. The van der Waals surface area contributed by atoms with Crippen LogP contribution in [0.15, 0.2) is 59.6 Å². The standard InChI is InChI=1S/C55H81N15O21S2/c1-25(72)42(70-47(83)33(15-17-40(76)77)61-50(86)37(22-71)67-49(85)35(21-41(78)79)64-45(81)32(14-16-39(57)75)62-51(87)38(24-93)68-44(80)30(56)23-92)52(88)63-31(9-6-18-60-55(58)59)46(82)69-43(26(2)73)53(89)65-34(19-27-7-4-3-5-8-27)48(84)66-36(54(90)91)20-28-10-12-29(74)13-11-28/h3-5,7-8,10-13,25-26,30-38,42-43,71-74,92-93H,6,9,14-24,56H2,1-2H3,(H2,57,75)(H,61,86)(H,62,87)(H,63,88)(H,64,81)(H,65,89)(H,66,84)(H,67,85)(H,68,80)(H,69,82)(H,70,83)(H,76,77)(H,78,79)(H,90,91)(H4,58,59,60)/t25-,26-,30+,31+,32+,33+,34+,35+,36+,37+,38+,42+,43+/m1/s1. The Morgan fingerprint density at radius 2 is 0.882 bits per heavy atom. The number of nitrogens with two attached hydrogens (primary N) is 4. The van der Waals surface area contributed by atoms with Crippen LogP contribution in [0.3, 0.4) is 0 Å². The second kappa shape index (κ2) is 40.5. The predicted octanol–water partition coefficient (Wildman–Crippen LogP) is -8.29. The van der Waals surface area contributed by atoms with Gasteiger partial charge >= 0.3 is 17.9 Å². The first-order valence-electron chi connectivity index (χ1n) is 28.5. The molecular weight excluding hydrogens is 1270 g/mol. The highest BCUT2D eigenvalue weighted by molar-refractivity contribution is 7.80. The van der Waals surface area contributed by atoms with Gasteiger partial charge in [0.25, 0.3) is 0 Å². The smallest absolute Gasteiger partial charge is 0.326 e. The van der Waals surface area contributed by atoms with E-state index in [9.17, 15) is 103 Å². The van der Waals surface area contributed by atoms with E-state index in [1.807, 2.05) is 5.32 Å². The maximum atomic E-state index is 14.2. The molecular formula is C55H81N15O21S2. The monoisotopic (exact) mass is 1350 g/mol. The van der Waals surface area contributed by atoms with E-state index in [0.29, 0.717) is 11.1 Å². The van der Waals surface area contributed by atoms with Gasteiger partial charge in [-0.05, 0) is 62.8 Å². The third-order valence-electron chi connectivity index (χ3n) is 13.4. The van der Waals surface area contributed by atoms with E-state index in [0.717, 1.165) is 13.8 Å². The molecule has 0 saturated carbocycles. The highest BCUT2D eigenvalue weighted by atomic mass is 32.1. The van der Waals surface area contributed by atoms with Crippen LogP contribution in [0, 0.1) is 0 Å². The molecule has 0 radical (unpaired) electrons. The molecule has 93 heavy (non-hydrogen) atoms. The maximum Gasteiger partial charge on any atom is 0.326 e. The molecule has 0 aliphatic heterocycles. The van der Waals surface area contributed by atoms with E-state index in [2.05, 4.69) is 78.1 Å². The number of aliphatic hydroxyl groups excluding tert-OH is 3. The lowest BCUT2D eigenvalue weighted by Crippen LogP contribution is -2.63. The number of aliphatic carboxylic acids is 3. The SMILES string of the molecule is C[C@@H](O)[C@H](NC(=O)[C@H](CCCN=C(N)N)NC(=O)[C@@H](NC(=O)[C@H](CCC(=O)O)NC(=O)[C@H](CO)NC(=O)[C@H](CC(=O)O)NC(=O)[C@H](CCC(N)=O)NC(=O)[C@H](CS)NC(=O)[C@@H](N)CS)[C@@H](C)O)C(=O)N[C@@H](Cc1ccccc1)C(=O)N[C@@H](Cc1ccc(O)cc1)C(=O)O. The number of nitrogens with zero attached hydrogens (tertiary/aromatic N) is 1. The van der Waals surface area contributed by atoms with Crippen molar-refractivity contribution in [2.24, 2.45) is 27.9 Å². The van der Waals surface area contributed by atoms with Crippen LogP contribution in [0.1, 0.15) is 69.9 Å². The molecule has 0 spiro atoms. The molecule has 11 amide bonds. The number of hydrogen-bond donors (Lipinski definition) is 23. The molecule has 0 aliphatic rings. The van der Waals surface area contributed by atoms with Gasteiger partial charge in [-0.1, -0.05) is 42.5 Å². The average Bonchev–Trinajstić information content (AvgIpc) is 1.20. The van der Waals surface area contributed by atoms with E-state index >= 15 is 0 Å². The van der Waals surface area contributed by atoms with Crippen molar-refractivity contribution >= 4 is 114 Å². The fourth-order valence-electron chi connectivity index (χ4n) is 8.33. The summed E-state index contributed by atoms with van der Waals surface area (Å²) in [6.45, 7) is 0.581. The third kappa shape index (κ3) is 29.2. The highest BCUT2D eigenvalue weighted by Crippen LogP contribution is 2.14. The normalized spacial score (nSPS) is 15.1. The van der Waals surface area contributed by atoms with Gasteiger partial charge in [0.2, 0.25) is 65.0 Å². The number of carboxylic acid groups (broad SMARTS) is 3. The second-order valence-corrected chi connectivity index (χ2v) is 21.7. The minimum absolute atomic E-state index is 0.0978. The van der Waals surface area contributed by atoms with Crippen molar-refractivity contribution in [3.63, 3.8) is 0 Å². The summed E-state index contributed by atoms with van der Waals surface area (Å²) in [7, 11) is 0. The number of guanidine groups is 1. The number of carboxylic acids is 3. The molecule has 514 valence electrons. The Bertz CT molecular complexity index is 2960. The van der Waals surface area contributed by atoms with Crippen LogP contribution in [0.5, 0.6) is 5.75 Å². The summed E-state index contributed by atoms with van der Waals surface area (Å²) < 4.78 is 0. The van der Waals surface area contributed by atoms with Gasteiger partial charge in [0, 0.05) is 43.7 Å². The van der Waals surface area contributed by atoms with Crippen LogP contribution in [-0.4, -0.2) is 228 Å². The first kappa shape index (κ1) is 79.7. The molecule has 0 aromatic heterocycles. The van der Waals surface area contributed by atoms with Crippen molar-refractivity contribution in [1.82, 2.24) is 53.2 Å². The van der Waals surface area contributed by atoms with E-state index in [1.165, 1.54) is 24.3 Å². The van der Waals surface area contributed by atoms with Crippen molar-refractivity contribution < 1.29 is 103 Å². The molecule has 0 bridgehead atoms. The number of carbonyl (C=O) groups is 14. The lowest BCUT2D eigenvalue weighted by molar-refractivity contribution is -0.142. The summed E-state index contributed by atoms with van der Waals surface area (Å²) in [6, 6.07) is -5.98. The largest absolute Gasteiger partial charge is 0.508 e. The Morgan fingerprint density at radius 1 is 0.473 bits per heavy atom. The molecule has 2 aromatic rings. The number of rotatable bonds is 42. The Morgan fingerprint density at radius 3 is 1.35 bits per heavy atom. The summed E-state index contributed by atoms with van der Waals surface area (Å²) >= 11 is 7.94. The lowest BCUT2D eigenvalue weighted by atomic mass is 10.0. The van der Waals surface area contributed by atoms with Crippen molar-refractivity contribution in [3.05, 3.63) is 65.7 Å². The Balaban J connectivity index is 2.45. The Labute approximate surface area is 542 Å². The molecule has 0 fully saturated rings. The quantitative estimate of drug-likeness (QED) is 0.0127. The first-order chi connectivity index (χ1) is 43.7. The average molecular weight is 1350 g/mol. The maximum absolute atomic E-state index is 14.2. The molecule has 0 aliphatic carbocycles. The molecule has 36 nitrogen and oxygen atoms in total. The summed E-state index contributed by atoms with van der Waals surface area (Å²) in [5, 5.41) is 93.2. The van der Waals surface area contributed by atoms with E-state index in [-0.39, 0.29) is 55.4 Å². The number of benzene rings is 2. The van der Waals surface area contributed by atoms with E-state index in [4.69, 9.17) is 22.9 Å². The summed E-state index contributed by atoms with van der Waals surface area (Å²) in [6.07, 6.45) is -8.65. The molecule has 38 heteroatoms. The van der Waals surface area contributed by atoms with Crippen LogP contribution in [0.2, 0.25) is 0 Å². The zero-order chi connectivity index (χ0) is 70.2. The zero-order valence-corrected chi connectivity index (χ0v) is 52.2. The number of aromatic hydroxyl groups is 1. The number of phenols is 1. The topological polar surface area (TPSA) is 617 Å². The lowest BCUT2D eigenvalue weighted by Gasteiger charge is -2.29. The number of phenolic OH excluding ortho intramolecular Hbond substituents is 1. The Kier molecular flexibility index (Phi) is 34.7. The third-order valence-corrected chi connectivity index (χ3v) is 14.1. The number of amides is 11. The number of primary amides is 1. The van der Waals surface area contributed by atoms with Gasteiger partial charge in [-0.2, -0.15) is 25.3 Å². The van der Waals surface area contributed by atoms with Crippen LogP contribution in [-0.2, 0) is 80.0 Å². The highest BCUT2D eigenvalue weighted by Gasteiger charge is 2.38. The number of nitrogens with one attached hydrogen (secondary N) is 10. The van der Waals surface area contributed by atoms with Gasteiger partial charge in [-0.3, -0.25) is 67.3 Å². The second-order valence-electron chi connectivity index (χ2n) is 21.0. The van der Waals surface area contributed by atoms with E-state index in [1.54, 1.807) is 30.3 Å². The predicted molar refractivity (Wildman–Crippen MR) is 332 cm³/mol. The first-order valence-corrected chi connectivity index (χ1v) is 29.8. The molecule has 2 rings (SSSR count). The van der Waals surface area contributed by atoms with Gasteiger partial charge in [0.1, 0.15) is 66.2 Å². The number of carbonyl (C=O) groups excluding carboxylic acids is 11. The number of thiol groups is 2. The van der Waals surface area contributed by atoms with Gasteiger partial charge in [-0.15, -0.1) is 0 Å². The molecule has 25 N–H and O–H groups in total. The van der Waals surface area contributed by atoms with Crippen LogP contribution < -0.4 is 76.1 Å². The zero-order valence-electron chi connectivity index (χ0n) is 50.4. The van der Waals surface area contributed by atoms with Gasteiger partial charge in [-0.25, -0.2) is 4.79 Å². The number of aliphatic imine (C=N–C) groups is 1. The molecule has 0 unspecified atom stereocenters. The minimum atomic E-state index is -2.14. The van der Waals surface area contributed by atoms with Gasteiger partial charge in [0.05, 0.1) is 31.3 Å². The fourth-order valence-corrected chi connectivity index (χ4v) is 8.75. The van der Waals surface area contributed by atoms with Crippen molar-refractivity contribution in [2.75, 3.05) is 24.7 Å². The van der Waals surface area contributed by atoms with Gasteiger partial charge < -0.3 is 112 Å². The van der Waals surface area contributed by atoms with Crippen LogP contribution >= 0.6 is 25.3 Å². The number of hydrogen-bond acceptors (Lipinski definition) is 22.